The van der Waals surface area contributed by atoms with E-state index in [1.165, 1.54) is 24.3 Å². The SMILES string of the molecule is NC(=O)C1C=C(c2ccccc2)C=C(Oc2cccc(S(N)(=O)=O)c2)C1(N)Cl. The van der Waals surface area contributed by atoms with Crippen LogP contribution in [0.3, 0.4) is 0 Å². The molecule has 0 saturated carbocycles. The van der Waals surface area contributed by atoms with Gasteiger partial charge in [0.2, 0.25) is 15.9 Å². The van der Waals surface area contributed by atoms with Gasteiger partial charge < -0.3 is 16.2 Å². The van der Waals surface area contributed by atoms with Crippen molar-refractivity contribution in [3.63, 3.8) is 0 Å². The smallest absolute Gasteiger partial charge is 0.238 e. The van der Waals surface area contributed by atoms with E-state index in [1.807, 2.05) is 30.3 Å². The number of benzene rings is 2. The van der Waals surface area contributed by atoms with Crippen LogP contribution >= 0.6 is 11.6 Å². The van der Waals surface area contributed by atoms with Crippen molar-refractivity contribution in [3.05, 3.63) is 78.1 Å². The Balaban J connectivity index is 2.06. The molecule has 7 nitrogen and oxygen atoms in total. The van der Waals surface area contributed by atoms with Gasteiger partial charge in [0.15, 0.2) is 5.00 Å². The van der Waals surface area contributed by atoms with Crippen molar-refractivity contribution in [1.82, 2.24) is 0 Å². The van der Waals surface area contributed by atoms with Crippen LogP contribution in [0, 0.1) is 5.92 Å². The summed E-state index contributed by atoms with van der Waals surface area (Å²) in [7, 11) is -3.92. The molecule has 1 aliphatic carbocycles. The van der Waals surface area contributed by atoms with Crippen molar-refractivity contribution in [1.29, 1.82) is 0 Å². The lowest BCUT2D eigenvalue weighted by Crippen LogP contribution is -2.51. The molecule has 0 fully saturated rings. The Kier molecular flexibility index (Phi) is 5.31. The molecule has 0 aliphatic heterocycles. The first-order valence-corrected chi connectivity index (χ1v) is 10.1. The molecule has 2 atom stereocenters. The van der Waals surface area contributed by atoms with Crippen molar-refractivity contribution < 1.29 is 17.9 Å². The number of hydrogen-bond donors (Lipinski definition) is 3. The van der Waals surface area contributed by atoms with Gasteiger partial charge in [0.25, 0.3) is 0 Å². The fourth-order valence-electron chi connectivity index (χ4n) is 2.80. The number of primary amides is 1. The largest absolute Gasteiger partial charge is 0.458 e. The van der Waals surface area contributed by atoms with Crippen LogP contribution in [0.4, 0.5) is 0 Å². The van der Waals surface area contributed by atoms with Crippen LogP contribution < -0.4 is 21.3 Å². The topological polar surface area (TPSA) is 138 Å². The van der Waals surface area contributed by atoms with E-state index < -0.39 is 26.8 Å². The van der Waals surface area contributed by atoms with Gasteiger partial charge >= 0.3 is 0 Å². The minimum absolute atomic E-state index is 0.0471. The van der Waals surface area contributed by atoms with Gasteiger partial charge in [-0.25, -0.2) is 13.6 Å². The number of carbonyl (C=O) groups excluding carboxylic acids is 1. The van der Waals surface area contributed by atoms with Gasteiger partial charge in [0.1, 0.15) is 11.5 Å². The van der Waals surface area contributed by atoms with E-state index >= 15 is 0 Å². The van der Waals surface area contributed by atoms with Crippen LogP contribution in [0.15, 0.2) is 77.4 Å². The Morgan fingerprint density at radius 2 is 1.79 bits per heavy atom. The Morgan fingerprint density at radius 1 is 1.11 bits per heavy atom. The fourth-order valence-corrected chi connectivity index (χ4v) is 3.62. The third-order valence-corrected chi connectivity index (χ3v) is 5.57. The first-order chi connectivity index (χ1) is 13.1. The number of allylic oxidation sites excluding steroid dienone is 2. The molecule has 1 amide bonds. The fraction of sp³-hybridized carbons (Fsp3) is 0.105. The number of hydrogen-bond acceptors (Lipinski definition) is 5. The molecule has 1 aliphatic rings. The van der Waals surface area contributed by atoms with Gasteiger partial charge in [0, 0.05) is 6.07 Å². The molecule has 0 spiro atoms. The first-order valence-electron chi connectivity index (χ1n) is 8.16. The molecule has 0 aromatic heterocycles. The van der Waals surface area contributed by atoms with Crippen LogP contribution in [0.25, 0.3) is 5.57 Å². The summed E-state index contributed by atoms with van der Waals surface area (Å²) in [4.78, 5) is 10.1. The minimum atomic E-state index is -3.92. The summed E-state index contributed by atoms with van der Waals surface area (Å²) in [6, 6.07) is 14.8. The van der Waals surface area contributed by atoms with Gasteiger partial charge in [-0.3, -0.25) is 4.79 Å². The highest BCUT2D eigenvalue weighted by Gasteiger charge is 2.43. The summed E-state index contributed by atoms with van der Waals surface area (Å²) in [5, 5.41) is 5.15. The van der Waals surface area contributed by atoms with Gasteiger partial charge in [-0.05, 0) is 29.3 Å². The predicted octanol–water partition coefficient (Wildman–Crippen LogP) is 1.69. The lowest BCUT2D eigenvalue weighted by atomic mass is 9.86. The molecule has 146 valence electrons. The van der Waals surface area contributed by atoms with E-state index in [4.69, 9.17) is 32.9 Å². The maximum atomic E-state index is 12.0. The molecule has 3 rings (SSSR count). The van der Waals surface area contributed by atoms with Crippen molar-refractivity contribution in [2.45, 2.75) is 9.89 Å². The van der Waals surface area contributed by atoms with E-state index in [9.17, 15) is 13.2 Å². The second kappa shape index (κ2) is 7.40. The summed E-state index contributed by atoms with van der Waals surface area (Å²) < 4.78 is 28.9. The maximum Gasteiger partial charge on any atom is 0.238 e. The zero-order chi connectivity index (χ0) is 20.5. The molecular formula is C19H18ClN3O4S. The average molecular weight is 420 g/mol. The van der Waals surface area contributed by atoms with Crippen molar-refractivity contribution >= 4 is 33.1 Å². The normalized spacial score (nSPS) is 22.2. The van der Waals surface area contributed by atoms with E-state index in [0.29, 0.717) is 5.57 Å². The van der Waals surface area contributed by atoms with Crippen molar-refractivity contribution in [3.8, 4) is 5.75 Å². The number of sulfonamides is 1. The van der Waals surface area contributed by atoms with E-state index in [1.54, 1.807) is 12.2 Å². The quantitative estimate of drug-likeness (QED) is 0.500. The van der Waals surface area contributed by atoms with Crippen molar-refractivity contribution in [2.75, 3.05) is 0 Å². The lowest BCUT2D eigenvalue weighted by molar-refractivity contribution is -0.121. The third-order valence-electron chi connectivity index (χ3n) is 4.24. The second-order valence-corrected chi connectivity index (χ2v) is 8.45. The summed E-state index contributed by atoms with van der Waals surface area (Å²) >= 11 is 6.43. The zero-order valence-electron chi connectivity index (χ0n) is 14.6. The number of primary sulfonamides is 1. The average Bonchev–Trinajstić information content (AvgIpc) is 2.63. The summed E-state index contributed by atoms with van der Waals surface area (Å²) in [6.45, 7) is 0. The standard InChI is InChI=1S/C19H18ClN3O4S/c20-19(22)16(18(21)24)9-13(12-5-2-1-3-6-12)10-17(19)27-14-7-4-8-15(11-14)28(23,25)26/h1-11,16H,22H2,(H2,21,24)(H2,23,25,26). The minimum Gasteiger partial charge on any atom is -0.458 e. The molecule has 2 unspecified atom stereocenters. The number of alkyl halides is 1. The van der Waals surface area contributed by atoms with Gasteiger partial charge in [-0.2, -0.15) is 0 Å². The lowest BCUT2D eigenvalue weighted by Gasteiger charge is -2.33. The summed E-state index contributed by atoms with van der Waals surface area (Å²) in [5.74, 6) is -1.58. The number of nitrogens with two attached hydrogens (primary N) is 3. The predicted molar refractivity (Wildman–Crippen MR) is 106 cm³/mol. The Hall–Kier alpha value is -2.65. The van der Waals surface area contributed by atoms with Gasteiger partial charge in [-0.1, -0.05) is 54.1 Å². The highest BCUT2D eigenvalue weighted by atomic mass is 35.5. The van der Waals surface area contributed by atoms with Crippen LogP contribution in [0.2, 0.25) is 0 Å². The van der Waals surface area contributed by atoms with Gasteiger partial charge in [-0.15, -0.1) is 0 Å². The molecule has 0 heterocycles. The number of ether oxygens (including phenoxy) is 1. The number of rotatable bonds is 5. The Morgan fingerprint density at radius 3 is 2.39 bits per heavy atom. The molecule has 2 aromatic carbocycles. The number of halogens is 1. The highest BCUT2D eigenvalue weighted by molar-refractivity contribution is 7.89. The van der Waals surface area contributed by atoms with E-state index in [0.717, 1.165) is 5.56 Å². The highest BCUT2D eigenvalue weighted by Crippen LogP contribution is 2.39. The van der Waals surface area contributed by atoms with Crippen LogP contribution in [0.1, 0.15) is 5.56 Å². The Labute approximate surface area is 167 Å². The van der Waals surface area contributed by atoms with Crippen molar-refractivity contribution in [2.24, 2.45) is 22.5 Å². The Bertz CT molecular complexity index is 1080. The number of carbonyl (C=O) groups is 1. The van der Waals surface area contributed by atoms with E-state index in [-0.39, 0.29) is 16.4 Å². The molecule has 28 heavy (non-hydrogen) atoms. The molecule has 0 saturated heterocycles. The molecule has 6 N–H and O–H groups in total. The summed E-state index contributed by atoms with van der Waals surface area (Å²) in [5.41, 5.74) is 13.1. The number of amides is 1. The molecule has 0 radical (unpaired) electrons. The van der Waals surface area contributed by atoms with Crippen LogP contribution in [0.5, 0.6) is 5.75 Å². The van der Waals surface area contributed by atoms with Crippen LogP contribution in [-0.4, -0.2) is 19.3 Å². The third kappa shape index (κ3) is 4.10. The second-order valence-electron chi connectivity index (χ2n) is 6.27. The zero-order valence-corrected chi connectivity index (χ0v) is 16.2. The molecule has 9 heteroatoms. The summed E-state index contributed by atoms with van der Waals surface area (Å²) in [6.07, 6.45) is 3.17. The van der Waals surface area contributed by atoms with E-state index in [2.05, 4.69) is 0 Å². The molecule has 0 bridgehead atoms. The molecular weight excluding hydrogens is 402 g/mol. The maximum absolute atomic E-state index is 12.0. The van der Waals surface area contributed by atoms with Crippen LogP contribution in [-0.2, 0) is 14.8 Å². The van der Waals surface area contributed by atoms with Gasteiger partial charge in [0.05, 0.1) is 10.8 Å². The molecule has 2 aromatic rings. The first kappa shape index (κ1) is 20.1. The monoisotopic (exact) mass is 419 g/mol.